The number of hydrogen-bond acceptors (Lipinski definition) is 8. The van der Waals surface area contributed by atoms with Crippen molar-refractivity contribution in [3.8, 4) is 5.75 Å². The van der Waals surface area contributed by atoms with Crippen LogP contribution in [0.15, 0.2) is 24.3 Å². The fourth-order valence-electron chi connectivity index (χ4n) is 6.76. The van der Waals surface area contributed by atoms with Crippen LogP contribution in [0.25, 0.3) is 0 Å². The molecule has 2 bridgehead atoms. The van der Waals surface area contributed by atoms with Gasteiger partial charge in [0.1, 0.15) is 11.8 Å². The monoisotopic (exact) mass is 638 g/mol. The van der Waals surface area contributed by atoms with Crippen LogP contribution in [0.5, 0.6) is 5.75 Å². The first kappa shape index (κ1) is 29.6. The molecule has 4 fully saturated rings. The van der Waals surface area contributed by atoms with Crippen LogP contribution in [-0.2, 0) is 19.1 Å². The molecule has 0 radical (unpaired) electrons. The number of halogens is 1. The Labute approximate surface area is 248 Å². The average Bonchev–Trinajstić information content (AvgIpc) is 3.55. The average molecular weight is 640 g/mol. The maximum atomic E-state index is 14.1. The zero-order valence-corrected chi connectivity index (χ0v) is 25.4. The van der Waals surface area contributed by atoms with Crippen LogP contribution >= 0.6 is 27.7 Å². The normalized spacial score (nSPS) is 32.1. The third-order valence-corrected chi connectivity index (χ3v) is 11.8. The van der Waals surface area contributed by atoms with E-state index in [1.807, 2.05) is 13.8 Å². The smallest absolute Gasteiger partial charge is 0.244 e. The molecule has 3 amide bonds. The minimum absolute atomic E-state index is 0.0181. The SMILES string of the molecule is CCOc1ccc(NC(=O)[C@H]2[C@@H]3SC4(CC3Br)C(C(=O)NCCN3CCOCC3)N([C@@H](CC)CO)C(=O)[C@H]24)cc1. The lowest BCUT2D eigenvalue weighted by atomic mass is 9.70. The summed E-state index contributed by atoms with van der Waals surface area (Å²) in [6.07, 6.45) is 1.11. The predicted molar refractivity (Wildman–Crippen MR) is 157 cm³/mol. The lowest BCUT2D eigenvalue weighted by Gasteiger charge is -2.37. The molecule has 4 heterocycles. The molecule has 12 heteroatoms. The van der Waals surface area contributed by atoms with Gasteiger partial charge in [-0.1, -0.05) is 22.9 Å². The van der Waals surface area contributed by atoms with Crippen molar-refractivity contribution < 1.29 is 29.0 Å². The first-order chi connectivity index (χ1) is 19.3. The molecule has 10 nitrogen and oxygen atoms in total. The maximum Gasteiger partial charge on any atom is 0.244 e. The Morgan fingerprint density at radius 2 is 1.95 bits per heavy atom. The second-order valence-corrected chi connectivity index (χ2v) is 13.6. The number of nitrogens with zero attached hydrogens (tertiary/aromatic N) is 2. The maximum absolute atomic E-state index is 14.1. The molecule has 0 saturated carbocycles. The number of nitrogens with one attached hydrogen (secondary N) is 2. The second-order valence-electron chi connectivity index (χ2n) is 10.8. The van der Waals surface area contributed by atoms with Gasteiger partial charge in [0.15, 0.2) is 0 Å². The number of ether oxygens (including phenoxy) is 2. The molecule has 0 aliphatic carbocycles. The molecule has 7 atom stereocenters. The predicted octanol–water partition coefficient (Wildman–Crippen LogP) is 1.71. The molecule has 0 aromatic heterocycles. The van der Waals surface area contributed by atoms with Crippen molar-refractivity contribution in [1.82, 2.24) is 15.1 Å². The van der Waals surface area contributed by atoms with Crippen LogP contribution in [0.4, 0.5) is 5.69 Å². The summed E-state index contributed by atoms with van der Waals surface area (Å²) in [5.74, 6) is -1.18. The highest BCUT2D eigenvalue weighted by atomic mass is 79.9. The van der Waals surface area contributed by atoms with Gasteiger partial charge in [0.25, 0.3) is 0 Å². The summed E-state index contributed by atoms with van der Waals surface area (Å²) in [7, 11) is 0. The van der Waals surface area contributed by atoms with Gasteiger partial charge in [0, 0.05) is 41.9 Å². The van der Waals surface area contributed by atoms with Gasteiger partial charge >= 0.3 is 0 Å². The van der Waals surface area contributed by atoms with Crippen molar-refractivity contribution in [3.63, 3.8) is 0 Å². The Balaban J connectivity index is 1.38. The fourth-order valence-corrected chi connectivity index (χ4v) is 10.4. The molecule has 4 aliphatic heterocycles. The summed E-state index contributed by atoms with van der Waals surface area (Å²) < 4.78 is 10.2. The zero-order valence-electron chi connectivity index (χ0n) is 23.0. The minimum atomic E-state index is -0.759. The van der Waals surface area contributed by atoms with Gasteiger partial charge in [-0.05, 0) is 44.0 Å². The van der Waals surface area contributed by atoms with Gasteiger partial charge in [-0.25, -0.2) is 0 Å². The summed E-state index contributed by atoms with van der Waals surface area (Å²) >= 11 is 5.39. The van der Waals surface area contributed by atoms with Crippen LogP contribution in [0, 0.1) is 11.8 Å². The molecule has 40 heavy (non-hydrogen) atoms. The Hall–Kier alpha value is -1.86. The first-order valence-corrected chi connectivity index (χ1v) is 16.0. The van der Waals surface area contributed by atoms with Crippen molar-refractivity contribution in [2.75, 3.05) is 57.9 Å². The topological polar surface area (TPSA) is 120 Å². The highest BCUT2D eigenvalue weighted by Crippen LogP contribution is 2.68. The summed E-state index contributed by atoms with van der Waals surface area (Å²) in [6, 6.07) is 5.93. The Morgan fingerprint density at radius 3 is 2.60 bits per heavy atom. The van der Waals surface area contributed by atoms with Gasteiger partial charge in [-0.2, -0.15) is 0 Å². The standard InChI is InChI=1S/C28H39BrN4O6S/c1-3-18(16-34)33-24(26(36)30-9-10-32-11-13-38-14-12-32)28-15-20(29)23(40-28)21(22(28)27(33)37)25(35)31-17-5-7-19(8-6-17)39-4-2/h5-8,18,20-24,34H,3-4,9-16H2,1-2H3,(H,30,36)(H,31,35)/t18-,20?,21+,22-,23+,24?,28?/m0/s1. The number of carbonyl (C=O) groups is 3. The van der Waals surface area contributed by atoms with E-state index in [1.165, 1.54) is 0 Å². The van der Waals surface area contributed by atoms with Gasteiger partial charge < -0.3 is 30.1 Å². The molecule has 1 aromatic carbocycles. The van der Waals surface area contributed by atoms with E-state index >= 15 is 0 Å². The van der Waals surface area contributed by atoms with Gasteiger partial charge in [0.2, 0.25) is 17.7 Å². The number of thioether (sulfide) groups is 1. The number of morpholine rings is 1. The molecule has 3 unspecified atom stereocenters. The van der Waals surface area contributed by atoms with Crippen molar-refractivity contribution in [2.24, 2.45) is 11.8 Å². The number of amides is 3. The van der Waals surface area contributed by atoms with Gasteiger partial charge in [-0.15, -0.1) is 11.8 Å². The minimum Gasteiger partial charge on any atom is -0.494 e. The van der Waals surface area contributed by atoms with Gasteiger partial charge in [0.05, 0.1) is 49.1 Å². The quantitative estimate of drug-likeness (QED) is 0.313. The zero-order chi connectivity index (χ0) is 28.4. The summed E-state index contributed by atoms with van der Waals surface area (Å²) in [5, 5.41) is 16.2. The number of hydrogen-bond donors (Lipinski definition) is 3. The van der Waals surface area contributed by atoms with Crippen LogP contribution in [0.3, 0.4) is 0 Å². The van der Waals surface area contributed by atoms with Crippen molar-refractivity contribution >= 4 is 51.1 Å². The lowest BCUT2D eigenvalue weighted by molar-refractivity contribution is -0.142. The van der Waals surface area contributed by atoms with Crippen molar-refractivity contribution in [2.45, 2.75) is 53.6 Å². The summed E-state index contributed by atoms with van der Waals surface area (Å²) in [4.78, 5) is 45.6. The van der Waals surface area contributed by atoms with E-state index in [0.717, 1.165) is 13.1 Å². The number of fused-ring (bicyclic) bond motifs is 1. The van der Waals surface area contributed by atoms with E-state index in [9.17, 15) is 19.5 Å². The molecule has 3 N–H and O–H groups in total. The summed E-state index contributed by atoms with van der Waals surface area (Å²) in [5.41, 5.74) is 0.628. The van der Waals surface area contributed by atoms with Crippen LogP contribution in [0.2, 0.25) is 0 Å². The number of alkyl halides is 1. The molecular formula is C28H39BrN4O6S. The third-order valence-electron chi connectivity index (χ3n) is 8.62. The lowest BCUT2D eigenvalue weighted by Crippen LogP contribution is -2.57. The van der Waals surface area contributed by atoms with Crippen LogP contribution in [-0.4, -0.2) is 112 Å². The largest absolute Gasteiger partial charge is 0.494 e. The number of carbonyl (C=O) groups excluding carboxylic acids is 3. The Bertz CT molecular complexity index is 1090. The van der Waals surface area contributed by atoms with Crippen LogP contribution in [0.1, 0.15) is 26.7 Å². The number of anilines is 1. The molecule has 1 spiro atoms. The number of likely N-dealkylation sites (tertiary alicyclic amines) is 1. The van der Waals surface area contributed by atoms with Crippen molar-refractivity contribution in [1.29, 1.82) is 0 Å². The van der Waals surface area contributed by atoms with E-state index in [-0.39, 0.29) is 34.4 Å². The molecule has 5 rings (SSSR count). The molecule has 1 aromatic rings. The Morgan fingerprint density at radius 1 is 1.23 bits per heavy atom. The molecule has 220 valence electrons. The molecule has 4 saturated heterocycles. The highest BCUT2D eigenvalue weighted by molar-refractivity contribution is 9.09. The number of aliphatic hydroxyl groups is 1. The number of rotatable bonds is 11. The second kappa shape index (κ2) is 12.6. The number of aliphatic hydroxyl groups excluding tert-OH is 1. The van der Waals surface area contributed by atoms with Crippen molar-refractivity contribution in [3.05, 3.63) is 24.3 Å². The third kappa shape index (κ3) is 5.37. The van der Waals surface area contributed by atoms with Crippen LogP contribution < -0.4 is 15.4 Å². The fraction of sp³-hybridized carbons (Fsp3) is 0.679. The van der Waals surface area contributed by atoms with E-state index in [2.05, 4.69) is 31.5 Å². The van der Waals surface area contributed by atoms with E-state index in [0.29, 0.717) is 57.2 Å². The van der Waals surface area contributed by atoms with E-state index in [1.54, 1.807) is 40.9 Å². The molecule has 4 aliphatic rings. The van der Waals surface area contributed by atoms with Gasteiger partial charge in [-0.3, -0.25) is 19.3 Å². The summed E-state index contributed by atoms with van der Waals surface area (Å²) in [6.45, 7) is 8.31. The Kier molecular flexibility index (Phi) is 9.30. The van der Waals surface area contributed by atoms with E-state index in [4.69, 9.17) is 9.47 Å². The number of benzene rings is 1. The highest BCUT2D eigenvalue weighted by Gasteiger charge is 2.76. The van der Waals surface area contributed by atoms with E-state index < -0.39 is 28.7 Å². The molecular weight excluding hydrogens is 600 g/mol. The first-order valence-electron chi connectivity index (χ1n) is 14.2.